The highest BCUT2D eigenvalue weighted by atomic mass is 16.6. The van der Waals surface area contributed by atoms with Crippen LogP contribution in [0.1, 0.15) is 106 Å². The van der Waals surface area contributed by atoms with Gasteiger partial charge in [0.1, 0.15) is 0 Å². The van der Waals surface area contributed by atoms with Crippen molar-refractivity contribution >= 4 is 0 Å². The average Bonchev–Trinajstić information content (AvgIpc) is 2.72. The van der Waals surface area contributed by atoms with Crippen molar-refractivity contribution in [2.45, 2.75) is 118 Å². The summed E-state index contributed by atoms with van der Waals surface area (Å²) in [6.45, 7) is 17.6. The van der Waals surface area contributed by atoms with Crippen LogP contribution in [0, 0.1) is 50.2 Å². The van der Waals surface area contributed by atoms with Gasteiger partial charge in [0.25, 0.3) is 0 Å². The molecule has 2 aliphatic heterocycles. The van der Waals surface area contributed by atoms with Gasteiger partial charge in [-0.05, 0) is 90.8 Å². The maximum atomic E-state index is 11.4. The van der Waals surface area contributed by atoms with Crippen molar-refractivity contribution < 1.29 is 14.9 Å². The molecular weight excluding hydrogens is 408 g/mol. The van der Waals surface area contributed by atoms with Gasteiger partial charge in [-0.15, -0.1) is 0 Å². The summed E-state index contributed by atoms with van der Waals surface area (Å²) in [5.74, 6) is 0.839. The zero-order valence-corrected chi connectivity index (χ0v) is 22.3. The number of aliphatic hydroxyl groups excluding tert-OH is 1. The molecule has 0 aromatic carbocycles. The lowest BCUT2D eigenvalue weighted by molar-refractivity contribution is -0.395. The lowest BCUT2D eigenvalue weighted by Crippen LogP contribution is -2.73. The number of ether oxygens (including phenoxy) is 1. The topological polar surface area (TPSA) is 49.7 Å². The van der Waals surface area contributed by atoms with Crippen molar-refractivity contribution in [3.05, 3.63) is 11.6 Å². The molecule has 2 N–H and O–H groups in total. The van der Waals surface area contributed by atoms with E-state index in [0.29, 0.717) is 17.8 Å². The molecule has 2 bridgehead atoms. The SMILES string of the molecule is CC1(C)CC2C3=CCC4C56CCC(O)(OC5)C(C)(C)C6CCC4(C)C3(C)CCC2(C)CC1O. The molecule has 186 valence electrons. The van der Waals surface area contributed by atoms with E-state index in [1.807, 2.05) is 0 Å². The highest BCUT2D eigenvalue weighted by Crippen LogP contribution is 2.77. The van der Waals surface area contributed by atoms with Gasteiger partial charge in [-0.25, -0.2) is 0 Å². The third-order valence-corrected chi connectivity index (χ3v) is 13.7. The molecule has 7 rings (SSSR count). The first kappa shape index (κ1) is 23.0. The van der Waals surface area contributed by atoms with E-state index in [1.165, 1.54) is 32.1 Å². The van der Waals surface area contributed by atoms with Crippen molar-refractivity contribution in [1.82, 2.24) is 0 Å². The van der Waals surface area contributed by atoms with Gasteiger partial charge >= 0.3 is 0 Å². The Balaban J connectivity index is 1.44. The Morgan fingerprint density at radius 2 is 1.61 bits per heavy atom. The Kier molecular flexibility index (Phi) is 4.40. The Bertz CT molecular complexity index is 892. The lowest BCUT2D eigenvalue weighted by Gasteiger charge is -2.74. The Labute approximate surface area is 201 Å². The molecule has 3 nitrogen and oxygen atoms in total. The normalized spacial score (nSPS) is 58.4. The number of aliphatic hydroxyl groups is 2. The molecule has 0 aromatic rings. The van der Waals surface area contributed by atoms with Crippen LogP contribution in [0.2, 0.25) is 0 Å². The van der Waals surface area contributed by atoms with E-state index in [1.54, 1.807) is 5.57 Å². The van der Waals surface area contributed by atoms with Gasteiger partial charge < -0.3 is 14.9 Å². The van der Waals surface area contributed by atoms with Crippen LogP contribution in [0.5, 0.6) is 0 Å². The molecule has 3 heteroatoms. The largest absolute Gasteiger partial charge is 0.393 e. The monoisotopic (exact) mass is 456 g/mol. The molecule has 9 atom stereocenters. The number of allylic oxidation sites excluding steroid dienone is 2. The van der Waals surface area contributed by atoms with E-state index in [9.17, 15) is 10.2 Å². The fourth-order valence-corrected chi connectivity index (χ4v) is 11.0. The summed E-state index contributed by atoms with van der Waals surface area (Å²) in [6.07, 6.45) is 12.6. The van der Waals surface area contributed by atoms with E-state index in [-0.39, 0.29) is 38.6 Å². The smallest absolute Gasteiger partial charge is 0.170 e. The maximum Gasteiger partial charge on any atom is 0.170 e. The Hall–Kier alpha value is -0.380. The quantitative estimate of drug-likeness (QED) is 0.410. The van der Waals surface area contributed by atoms with Gasteiger partial charge in [0.05, 0.1) is 12.7 Å². The molecule has 0 amide bonds. The van der Waals surface area contributed by atoms with E-state index in [0.717, 1.165) is 32.3 Å². The summed E-state index contributed by atoms with van der Waals surface area (Å²) in [4.78, 5) is 0. The molecule has 5 aliphatic carbocycles. The third-order valence-electron chi connectivity index (χ3n) is 13.7. The highest BCUT2D eigenvalue weighted by molar-refractivity contribution is 5.34. The molecule has 2 saturated heterocycles. The van der Waals surface area contributed by atoms with Crippen LogP contribution >= 0.6 is 0 Å². The van der Waals surface area contributed by atoms with E-state index in [4.69, 9.17) is 4.74 Å². The molecule has 6 fully saturated rings. The van der Waals surface area contributed by atoms with Gasteiger partial charge in [0.2, 0.25) is 0 Å². The molecule has 9 unspecified atom stereocenters. The van der Waals surface area contributed by atoms with Crippen molar-refractivity contribution in [2.75, 3.05) is 6.61 Å². The zero-order valence-electron chi connectivity index (χ0n) is 22.3. The van der Waals surface area contributed by atoms with Gasteiger partial charge in [0, 0.05) is 17.3 Å². The van der Waals surface area contributed by atoms with E-state index < -0.39 is 5.79 Å². The molecule has 0 aromatic heterocycles. The minimum absolute atomic E-state index is 0.00751. The van der Waals surface area contributed by atoms with Gasteiger partial charge in [0.15, 0.2) is 5.79 Å². The van der Waals surface area contributed by atoms with Gasteiger partial charge in [-0.2, -0.15) is 0 Å². The number of fused-ring (bicyclic) bond motifs is 7. The summed E-state index contributed by atoms with van der Waals surface area (Å²) in [7, 11) is 0. The number of hydrogen-bond donors (Lipinski definition) is 2. The molecule has 1 spiro atoms. The number of hydrogen-bond acceptors (Lipinski definition) is 3. The first-order chi connectivity index (χ1) is 15.2. The Morgan fingerprint density at radius 1 is 0.879 bits per heavy atom. The first-order valence-corrected chi connectivity index (χ1v) is 13.9. The van der Waals surface area contributed by atoms with Crippen molar-refractivity contribution in [3.8, 4) is 0 Å². The Morgan fingerprint density at radius 3 is 2.27 bits per heavy atom. The zero-order chi connectivity index (χ0) is 23.9. The van der Waals surface area contributed by atoms with Crippen LogP contribution in [0.15, 0.2) is 11.6 Å². The van der Waals surface area contributed by atoms with Gasteiger partial charge in [-0.3, -0.25) is 0 Å². The maximum absolute atomic E-state index is 11.4. The fourth-order valence-electron chi connectivity index (χ4n) is 11.0. The fraction of sp³-hybridized carbons (Fsp3) is 0.933. The first-order valence-electron chi connectivity index (χ1n) is 13.9. The molecule has 0 radical (unpaired) electrons. The van der Waals surface area contributed by atoms with Crippen molar-refractivity contribution in [1.29, 1.82) is 0 Å². The van der Waals surface area contributed by atoms with Crippen LogP contribution in [-0.4, -0.2) is 28.7 Å². The molecule has 7 aliphatic rings. The summed E-state index contributed by atoms with van der Waals surface area (Å²) in [5.41, 5.74) is 2.50. The lowest BCUT2D eigenvalue weighted by atomic mass is 9.32. The molecule has 2 heterocycles. The average molecular weight is 457 g/mol. The summed E-state index contributed by atoms with van der Waals surface area (Å²) < 4.78 is 6.35. The second-order valence-corrected chi connectivity index (χ2v) is 15.4. The summed E-state index contributed by atoms with van der Waals surface area (Å²) in [5, 5.41) is 22.3. The van der Waals surface area contributed by atoms with Crippen LogP contribution in [0.3, 0.4) is 0 Å². The molecular formula is C30H48O3. The standard InChI is InChI=1S/C30H48O3/c1-24(2)16-20-19-8-9-22-28(7,27(19,6)13-12-26(20,5)17-23(24)31)11-10-21-25(3,4)30(32)15-14-29(21,22)18-33-30/h8,20-23,31-32H,9-18H2,1-7H3. The van der Waals surface area contributed by atoms with E-state index >= 15 is 0 Å². The minimum atomic E-state index is -0.937. The van der Waals surface area contributed by atoms with Crippen LogP contribution in [-0.2, 0) is 4.74 Å². The molecule has 33 heavy (non-hydrogen) atoms. The predicted octanol–water partition coefficient (Wildman–Crippen LogP) is 6.48. The predicted molar refractivity (Wildman–Crippen MR) is 131 cm³/mol. The van der Waals surface area contributed by atoms with Crippen LogP contribution in [0.25, 0.3) is 0 Å². The summed E-state index contributed by atoms with van der Waals surface area (Å²) in [6, 6.07) is 0. The van der Waals surface area contributed by atoms with Crippen LogP contribution < -0.4 is 0 Å². The van der Waals surface area contributed by atoms with Crippen molar-refractivity contribution in [3.63, 3.8) is 0 Å². The van der Waals surface area contributed by atoms with Crippen LogP contribution in [0.4, 0.5) is 0 Å². The van der Waals surface area contributed by atoms with Gasteiger partial charge in [-0.1, -0.05) is 60.1 Å². The summed E-state index contributed by atoms with van der Waals surface area (Å²) >= 11 is 0. The highest BCUT2D eigenvalue weighted by Gasteiger charge is 2.73. The number of rotatable bonds is 0. The second-order valence-electron chi connectivity index (χ2n) is 15.4. The van der Waals surface area contributed by atoms with Crippen molar-refractivity contribution in [2.24, 2.45) is 50.2 Å². The second kappa shape index (κ2) is 6.30. The third kappa shape index (κ3) is 2.49. The van der Waals surface area contributed by atoms with E-state index in [2.05, 4.69) is 54.5 Å². The molecule has 4 saturated carbocycles. The minimum Gasteiger partial charge on any atom is -0.393 e.